The van der Waals surface area contributed by atoms with Crippen LogP contribution in [0, 0.1) is 0 Å². The number of nitrogens with one attached hydrogen (secondary N) is 2. The first-order valence-electron chi connectivity index (χ1n) is 6.86. The van der Waals surface area contributed by atoms with Gasteiger partial charge in [0.2, 0.25) is 0 Å². The van der Waals surface area contributed by atoms with Crippen molar-refractivity contribution in [3.63, 3.8) is 0 Å². The number of ether oxygens (including phenoxy) is 1. The summed E-state index contributed by atoms with van der Waals surface area (Å²) in [5, 5.41) is 7.79. The number of thiocarbonyl (C=S) groups is 1. The molecule has 0 amide bonds. The zero-order valence-electron chi connectivity index (χ0n) is 11.7. The fourth-order valence-electron chi connectivity index (χ4n) is 1.91. The first-order chi connectivity index (χ1) is 10.2. The van der Waals surface area contributed by atoms with Crippen LogP contribution in [0.1, 0.15) is 5.56 Å². The van der Waals surface area contributed by atoms with E-state index in [0.29, 0.717) is 5.11 Å². The van der Waals surface area contributed by atoms with Crippen LogP contribution in [0.25, 0.3) is 0 Å². The van der Waals surface area contributed by atoms with Crippen molar-refractivity contribution in [3.05, 3.63) is 34.3 Å². The van der Waals surface area contributed by atoms with Crippen LogP contribution < -0.4 is 10.7 Å². The van der Waals surface area contributed by atoms with E-state index >= 15 is 0 Å². The summed E-state index contributed by atoms with van der Waals surface area (Å²) in [5.41, 5.74) is 3.83. The molecule has 2 rings (SSSR count). The highest BCUT2D eigenvalue weighted by Gasteiger charge is 2.09. The Morgan fingerprint density at radius 3 is 2.76 bits per heavy atom. The van der Waals surface area contributed by atoms with E-state index in [1.165, 1.54) is 0 Å². The molecule has 0 spiro atoms. The smallest absolute Gasteiger partial charge is 0.187 e. The van der Waals surface area contributed by atoms with Crippen LogP contribution in [-0.4, -0.2) is 55.6 Å². The third kappa shape index (κ3) is 6.52. The Balaban J connectivity index is 1.61. The van der Waals surface area contributed by atoms with E-state index in [4.69, 9.17) is 17.0 Å². The van der Waals surface area contributed by atoms with Crippen molar-refractivity contribution in [3.8, 4) is 0 Å². The maximum absolute atomic E-state index is 5.31. The third-order valence-corrected chi connectivity index (χ3v) is 3.83. The summed E-state index contributed by atoms with van der Waals surface area (Å²) >= 11 is 8.57. The van der Waals surface area contributed by atoms with E-state index in [-0.39, 0.29) is 0 Å². The van der Waals surface area contributed by atoms with Crippen LogP contribution in [0.4, 0.5) is 0 Å². The molecule has 2 N–H and O–H groups in total. The fraction of sp³-hybridized carbons (Fsp3) is 0.429. The molecule has 1 aliphatic rings. The number of morpholine rings is 1. The number of nitrogens with zero attached hydrogens (tertiary/aromatic N) is 2. The Morgan fingerprint density at radius 2 is 2.05 bits per heavy atom. The van der Waals surface area contributed by atoms with Crippen LogP contribution in [-0.2, 0) is 4.74 Å². The van der Waals surface area contributed by atoms with Gasteiger partial charge in [0.1, 0.15) is 0 Å². The van der Waals surface area contributed by atoms with E-state index in [1.54, 1.807) is 6.21 Å². The predicted molar refractivity (Wildman–Crippen MR) is 92.7 cm³/mol. The van der Waals surface area contributed by atoms with Gasteiger partial charge in [-0.3, -0.25) is 10.3 Å². The van der Waals surface area contributed by atoms with Gasteiger partial charge < -0.3 is 10.1 Å². The maximum Gasteiger partial charge on any atom is 0.187 e. The number of hydrogen-bond acceptors (Lipinski definition) is 4. The summed E-state index contributed by atoms with van der Waals surface area (Å²) in [5.74, 6) is 0. The van der Waals surface area contributed by atoms with E-state index in [9.17, 15) is 0 Å². The molecule has 114 valence electrons. The zero-order chi connectivity index (χ0) is 14.9. The Hall–Kier alpha value is -1.02. The highest BCUT2D eigenvalue weighted by atomic mass is 79.9. The second-order valence-corrected chi connectivity index (χ2v) is 5.96. The van der Waals surface area contributed by atoms with Crippen LogP contribution in [0.5, 0.6) is 0 Å². The van der Waals surface area contributed by atoms with E-state index in [1.807, 2.05) is 24.3 Å². The van der Waals surface area contributed by atoms with E-state index < -0.39 is 0 Å². The zero-order valence-corrected chi connectivity index (χ0v) is 14.1. The van der Waals surface area contributed by atoms with Crippen molar-refractivity contribution < 1.29 is 4.74 Å². The van der Waals surface area contributed by atoms with Crippen LogP contribution >= 0.6 is 28.1 Å². The number of rotatable bonds is 5. The largest absolute Gasteiger partial charge is 0.379 e. The first kappa shape index (κ1) is 16.4. The summed E-state index contributed by atoms with van der Waals surface area (Å²) in [7, 11) is 0. The standard InChI is InChI=1S/C14H19BrN4OS/c15-13-3-1-12(2-4-13)11-17-18-14(21)16-5-6-19-7-9-20-10-8-19/h1-4,11H,5-10H2,(H2,16,18,21)/b17-11+. The highest BCUT2D eigenvalue weighted by molar-refractivity contribution is 9.10. The number of benzene rings is 1. The van der Waals surface area contributed by atoms with Gasteiger partial charge in [-0.05, 0) is 29.9 Å². The lowest BCUT2D eigenvalue weighted by Gasteiger charge is -2.26. The number of hydrazone groups is 1. The molecule has 1 aliphatic heterocycles. The Bertz CT molecular complexity index is 474. The molecule has 1 aromatic carbocycles. The van der Waals surface area contributed by atoms with Gasteiger partial charge in [-0.15, -0.1) is 0 Å². The second-order valence-electron chi connectivity index (χ2n) is 4.63. The monoisotopic (exact) mass is 370 g/mol. The molecular formula is C14H19BrN4OS. The second kappa shape index (κ2) is 9.09. The van der Waals surface area contributed by atoms with Gasteiger partial charge in [-0.2, -0.15) is 5.10 Å². The van der Waals surface area contributed by atoms with Crippen molar-refractivity contribution in [1.29, 1.82) is 0 Å². The molecule has 1 saturated heterocycles. The number of halogens is 1. The minimum atomic E-state index is 0.539. The topological polar surface area (TPSA) is 48.9 Å². The molecule has 0 radical (unpaired) electrons. The lowest BCUT2D eigenvalue weighted by atomic mass is 10.2. The molecule has 0 saturated carbocycles. The number of hydrogen-bond donors (Lipinski definition) is 2. The average molecular weight is 371 g/mol. The molecule has 0 unspecified atom stereocenters. The molecule has 1 aromatic rings. The van der Waals surface area contributed by atoms with Crippen molar-refractivity contribution in [2.75, 3.05) is 39.4 Å². The predicted octanol–water partition coefficient (Wildman–Crippen LogP) is 1.58. The molecule has 21 heavy (non-hydrogen) atoms. The third-order valence-electron chi connectivity index (χ3n) is 3.07. The van der Waals surface area contributed by atoms with Gasteiger partial charge >= 0.3 is 0 Å². The van der Waals surface area contributed by atoms with Crippen LogP contribution in [0.3, 0.4) is 0 Å². The maximum atomic E-state index is 5.31. The van der Waals surface area contributed by atoms with Crippen molar-refractivity contribution in [2.45, 2.75) is 0 Å². The molecule has 0 aliphatic carbocycles. The summed E-state index contributed by atoms with van der Waals surface area (Å²) in [6, 6.07) is 7.90. The fourth-order valence-corrected chi connectivity index (χ4v) is 2.33. The van der Waals surface area contributed by atoms with E-state index in [2.05, 4.69) is 36.7 Å². The highest BCUT2D eigenvalue weighted by Crippen LogP contribution is 2.08. The normalized spacial score (nSPS) is 16.0. The summed E-state index contributed by atoms with van der Waals surface area (Å²) < 4.78 is 6.36. The van der Waals surface area contributed by atoms with Crippen LogP contribution in [0.2, 0.25) is 0 Å². The minimum Gasteiger partial charge on any atom is -0.379 e. The van der Waals surface area contributed by atoms with Gasteiger partial charge in [-0.1, -0.05) is 28.1 Å². The van der Waals surface area contributed by atoms with Crippen molar-refractivity contribution in [1.82, 2.24) is 15.6 Å². The van der Waals surface area contributed by atoms with Crippen molar-refractivity contribution in [2.24, 2.45) is 5.10 Å². The van der Waals surface area contributed by atoms with Crippen molar-refractivity contribution >= 4 is 39.5 Å². The first-order valence-corrected chi connectivity index (χ1v) is 8.07. The van der Waals surface area contributed by atoms with Gasteiger partial charge in [0.15, 0.2) is 5.11 Å². The average Bonchev–Trinajstić information content (AvgIpc) is 2.50. The Morgan fingerprint density at radius 1 is 1.33 bits per heavy atom. The summed E-state index contributed by atoms with van der Waals surface area (Å²) in [4.78, 5) is 2.35. The molecule has 1 fully saturated rings. The molecule has 0 atom stereocenters. The minimum absolute atomic E-state index is 0.539. The van der Waals surface area contributed by atoms with Gasteiger partial charge in [0.25, 0.3) is 0 Å². The van der Waals surface area contributed by atoms with Gasteiger partial charge in [0.05, 0.1) is 19.4 Å². The van der Waals surface area contributed by atoms with Gasteiger partial charge in [-0.25, -0.2) is 0 Å². The molecule has 1 heterocycles. The SMILES string of the molecule is S=C(NCCN1CCOCC1)N/N=C/c1ccc(Br)cc1. The molecule has 7 heteroatoms. The lowest BCUT2D eigenvalue weighted by Crippen LogP contribution is -2.42. The molecule has 0 bridgehead atoms. The Labute approximate surface area is 138 Å². The van der Waals surface area contributed by atoms with Gasteiger partial charge in [0, 0.05) is 30.7 Å². The quantitative estimate of drug-likeness (QED) is 0.468. The lowest BCUT2D eigenvalue weighted by molar-refractivity contribution is 0.0389. The Kier molecular flexibility index (Phi) is 7.08. The van der Waals surface area contributed by atoms with E-state index in [0.717, 1.165) is 49.4 Å². The summed E-state index contributed by atoms with van der Waals surface area (Å²) in [6.07, 6.45) is 1.74. The van der Waals surface area contributed by atoms with Crippen LogP contribution in [0.15, 0.2) is 33.8 Å². The summed E-state index contributed by atoms with van der Waals surface area (Å²) in [6.45, 7) is 5.38. The molecule has 0 aromatic heterocycles. The molecular weight excluding hydrogens is 352 g/mol. The molecule has 5 nitrogen and oxygen atoms in total.